The van der Waals surface area contributed by atoms with Gasteiger partial charge in [0.05, 0.1) is 12.5 Å². The summed E-state index contributed by atoms with van der Waals surface area (Å²) < 4.78 is 16.4. The van der Waals surface area contributed by atoms with Crippen molar-refractivity contribution < 1.29 is 18.8 Å². The molecule has 3 aliphatic rings. The van der Waals surface area contributed by atoms with E-state index in [0.717, 1.165) is 58.6 Å². The maximum atomic E-state index is 11.9. The first-order chi connectivity index (χ1) is 11.8. The van der Waals surface area contributed by atoms with Crippen LogP contribution in [0.5, 0.6) is 0 Å². The highest BCUT2D eigenvalue weighted by atomic mass is 16.5. The van der Waals surface area contributed by atoms with E-state index in [1.165, 1.54) is 0 Å². The highest BCUT2D eigenvalue weighted by Crippen LogP contribution is 2.35. The molecule has 0 atom stereocenters. The van der Waals surface area contributed by atoms with Crippen molar-refractivity contribution in [1.82, 2.24) is 15.0 Å². The van der Waals surface area contributed by atoms with Crippen LogP contribution in [0.3, 0.4) is 0 Å². The quantitative estimate of drug-likeness (QED) is 0.701. The van der Waals surface area contributed by atoms with Gasteiger partial charge in [0.15, 0.2) is 5.82 Å². The van der Waals surface area contributed by atoms with Crippen LogP contribution in [0.15, 0.2) is 4.52 Å². The normalized spacial score (nSPS) is 22.6. The molecule has 0 unspecified atom stereocenters. The van der Waals surface area contributed by atoms with E-state index in [1.54, 1.807) is 0 Å². The summed E-state index contributed by atoms with van der Waals surface area (Å²) >= 11 is 0. The van der Waals surface area contributed by atoms with E-state index in [-0.39, 0.29) is 11.8 Å². The Morgan fingerprint density at radius 3 is 2.75 bits per heavy atom. The number of ether oxygens (including phenoxy) is 2. The summed E-state index contributed by atoms with van der Waals surface area (Å²) in [6.07, 6.45) is 4.95. The molecule has 4 rings (SSSR count). The van der Waals surface area contributed by atoms with Gasteiger partial charge >= 0.3 is 0 Å². The minimum absolute atomic E-state index is 0.206. The molecular formula is C17H25N3O4. The Morgan fingerprint density at radius 1 is 1.21 bits per heavy atom. The first-order valence-electron chi connectivity index (χ1n) is 9.06. The van der Waals surface area contributed by atoms with E-state index >= 15 is 0 Å². The van der Waals surface area contributed by atoms with Crippen LogP contribution in [0, 0.1) is 11.8 Å². The van der Waals surface area contributed by atoms with Gasteiger partial charge in [-0.2, -0.15) is 4.98 Å². The Kier molecular flexibility index (Phi) is 4.80. The molecule has 0 bridgehead atoms. The van der Waals surface area contributed by atoms with Crippen molar-refractivity contribution in [2.75, 3.05) is 39.5 Å². The first kappa shape index (κ1) is 16.0. The summed E-state index contributed by atoms with van der Waals surface area (Å²) in [5.74, 6) is 2.77. The lowest BCUT2D eigenvalue weighted by Gasteiger charge is -2.37. The lowest BCUT2D eigenvalue weighted by atomic mass is 9.99. The van der Waals surface area contributed by atoms with Gasteiger partial charge < -0.3 is 18.9 Å². The van der Waals surface area contributed by atoms with Gasteiger partial charge in [-0.25, -0.2) is 0 Å². The third-order valence-corrected chi connectivity index (χ3v) is 5.12. The fourth-order valence-electron chi connectivity index (χ4n) is 3.26. The van der Waals surface area contributed by atoms with Gasteiger partial charge in [0.1, 0.15) is 0 Å². The molecule has 24 heavy (non-hydrogen) atoms. The van der Waals surface area contributed by atoms with Gasteiger partial charge in [-0.15, -0.1) is 0 Å². The van der Waals surface area contributed by atoms with Crippen molar-refractivity contribution in [2.24, 2.45) is 11.8 Å². The molecule has 0 radical (unpaired) electrons. The Balaban J connectivity index is 1.15. The molecule has 7 heteroatoms. The standard InChI is InChI=1S/C17H25N3O4/c21-17(13-1-2-13)20-9-14(10-20)16-18-15(19-24-16)5-8-23-11-12-3-6-22-7-4-12/h12-14H,1-11H2. The molecule has 3 heterocycles. The lowest BCUT2D eigenvalue weighted by molar-refractivity contribution is -0.137. The number of likely N-dealkylation sites (tertiary alicyclic amines) is 1. The molecule has 1 aromatic rings. The topological polar surface area (TPSA) is 77.7 Å². The molecule has 132 valence electrons. The number of carbonyl (C=O) groups is 1. The van der Waals surface area contributed by atoms with Gasteiger partial charge in [-0.05, 0) is 31.6 Å². The van der Waals surface area contributed by atoms with Crippen LogP contribution < -0.4 is 0 Å². The summed E-state index contributed by atoms with van der Waals surface area (Å²) in [7, 11) is 0. The summed E-state index contributed by atoms with van der Waals surface area (Å²) in [5.41, 5.74) is 0. The molecule has 2 saturated heterocycles. The predicted molar refractivity (Wildman–Crippen MR) is 84.4 cm³/mol. The number of aromatic nitrogens is 2. The van der Waals surface area contributed by atoms with Gasteiger partial charge in [-0.3, -0.25) is 4.79 Å². The van der Waals surface area contributed by atoms with Crippen molar-refractivity contribution in [1.29, 1.82) is 0 Å². The molecule has 0 N–H and O–H groups in total. The predicted octanol–water partition coefficient (Wildman–Crippen LogP) is 1.39. The van der Waals surface area contributed by atoms with E-state index in [1.807, 2.05) is 4.90 Å². The maximum absolute atomic E-state index is 11.9. The van der Waals surface area contributed by atoms with Crippen molar-refractivity contribution in [3.05, 3.63) is 11.7 Å². The number of hydrogen-bond acceptors (Lipinski definition) is 6. The van der Waals surface area contributed by atoms with Crippen LogP contribution in [-0.4, -0.2) is 60.5 Å². The first-order valence-corrected chi connectivity index (χ1v) is 9.06. The van der Waals surface area contributed by atoms with E-state index in [2.05, 4.69) is 10.1 Å². The second-order valence-corrected chi connectivity index (χ2v) is 7.14. The Bertz CT molecular complexity index is 560. The van der Waals surface area contributed by atoms with Crippen LogP contribution in [0.2, 0.25) is 0 Å². The summed E-state index contributed by atoms with van der Waals surface area (Å²) in [6, 6.07) is 0. The monoisotopic (exact) mass is 335 g/mol. The molecule has 1 saturated carbocycles. The third kappa shape index (κ3) is 3.78. The number of hydrogen-bond donors (Lipinski definition) is 0. The van der Waals surface area contributed by atoms with E-state index in [4.69, 9.17) is 14.0 Å². The fraction of sp³-hybridized carbons (Fsp3) is 0.824. The number of carbonyl (C=O) groups excluding carboxylic acids is 1. The fourth-order valence-corrected chi connectivity index (χ4v) is 3.26. The largest absolute Gasteiger partial charge is 0.381 e. The zero-order valence-electron chi connectivity index (χ0n) is 14.0. The Morgan fingerprint density at radius 2 is 2.00 bits per heavy atom. The molecule has 1 amide bonds. The van der Waals surface area contributed by atoms with E-state index in [0.29, 0.717) is 36.6 Å². The van der Waals surface area contributed by atoms with Crippen LogP contribution in [0.25, 0.3) is 0 Å². The molecular weight excluding hydrogens is 310 g/mol. The number of amides is 1. The maximum Gasteiger partial charge on any atom is 0.233 e. The molecule has 0 aromatic carbocycles. The highest BCUT2D eigenvalue weighted by molar-refractivity contribution is 5.81. The molecule has 1 aliphatic carbocycles. The van der Waals surface area contributed by atoms with Crippen LogP contribution in [0.4, 0.5) is 0 Å². The second-order valence-electron chi connectivity index (χ2n) is 7.14. The summed E-state index contributed by atoms with van der Waals surface area (Å²) in [5, 5.41) is 4.03. The van der Waals surface area contributed by atoms with Crippen molar-refractivity contribution in [2.45, 2.75) is 38.0 Å². The third-order valence-electron chi connectivity index (χ3n) is 5.12. The average molecular weight is 335 g/mol. The highest BCUT2D eigenvalue weighted by Gasteiger charge is 2.41. The SMILES string of the molecule is O=C(C1CC1)N1CC(c2nc(CCOCC3CCOCC3)no2)C1. The van der Waals surface area contributed by atoms with E-state index in [9.17, 15) is 4.79 Å². The molecule has 7 nitrogen and oxygen atoms in total. The van der Waals surface area contributed by atoms with Gasteiger partial charge in [0.2, 0.25) is 11.8 Å². The van der Waals surface area contributed by atoms with E-state index < -0.39 is 0 Å². The zero-order chi connectivity index (χ0) is 16.4. The Labute approximate surface area is 141 Å². The molecule has 1 aromatic heterocycles. The van der Waals surface area contributed by atoms with Crippen LogP contribution in [0.1, 0.15) is 43.3 Å². The smallest absolute Gasteiger partial charge is 0.233 e. The average Bonchev–Trinajstić information content (AvgIpc) is 3.32. The van der Waals surface area contributed by atoms with Crippen LogP contribution in [-0.2, 0) is 20.7 Å². The summed E-state index contributed by atoms with van der Waals surface area (Å²) in [4.78, 5) is 18.3. The second kappa shape index (κ2) is 7.19. The minimum atomic E-state index is 0.206. The van der Waals surface area contributed by atoms with Crippen LogP contribution >= 0.6 is 0 Å². The number of rotatable bonds is 7. The zero-order valence-corrected chi connectivity index (χ0v) is 14.0. The van der Waals surface area contributed by atoms with Gasteiger partial charge in [0.25, 0.3) is 0 Å². The molecule has 3 fully saturated rings. The summed E-state index contributed by atoms with van der Waals surface area (Å²) in [6.45, 7) is 4.55. The molecule has 0 spiro atoms. The van der Waals surface area contributed by atoms with Crippen molar-refractivity contribution in [3.8, 4) is 0 Å². The van der Waals surface area contributed by atoms with Gasteiger partial charge in [0, 0.05) is 45.2 Å². The number of nitrogens with zero attached hydrogens (tertiary/aromatic N) is 3. The van der Waals surface area contributed by atoms with Crippen molar-refractivity contribution in [3.63, 3.8) is 0 Å². The lowest BCUT2D eigenvalue weighted by Crippen LogP contribution is -2.49. The van der Waals surface area contributed by atoms with Gasteiger partial charge in [-0.1, -0.05) is 5.16 Å². The molecule has 2 aliphatic heterocycles. The Hall–Kier alpha value is -1.47. The minimum Gasteiger partial charge on any atom is -0.381 e. The van der Waals surface area contributed by atoms with Crippen molar-refractivity contribution >= 4 is 5.91 Å².